The van der Waals surface area contributed by atoms with Gasteiger partial charge in [-0.25, -0.2) is 0 Å². The molecule has 4 nitrogen and oxygen atoms in total. The van der Waals surface area contributed by atoms with E-state index in [1.807, 2.05) is 30.3 Å². The van der Waals surface area contributed by atoms with Gasteiger partial charge in [0, 0.05) is 6.08 Å². The Morgan fingerprint density at radius 2 is 1.82 bits per heavy atom. The average molecular weight is 298 g/mol. The summed E-state index contributed by atoms with van der Waals surface area (Å²) in [6, 6.07) is 9.30. The summed E-state index contributed by atoms with van der Waals surface area (Å²) in [6.45, 7) is 3.32. The maximum Gasteiger partial charge on any atom is 0.196 e. The van der Waals surface area contributed by atoms with Crippen molar-refractivity contribution in [2.45, 2.75) is 13.8 Å². The molecular weight excluding hydrogens is 280 g/mol. The zero-order chi connectivity index (χ0) is 16.3. The third-order valence-corrected chi connectivity index (χ3v) is 3.63. The number of hydrogen-bond donors (Lipinski definition) is 1. The van der Waals surface area contributed by atoms with Gasteiger partial charge < -0.3 is 9.84 Å². The van der Waals surface area contributed by atoms with Gasteiger partial charge >= 0.3 is 0 Å². The van der Waals surface area contributed by atoms with E-state index in [1.54, 1.807) is 19.9 Å². The quantitative estimate of drug-likeness (QED) is 0.528. The van der Waals surface area contributed by atoms with Crippen LogP contribution in [0.1, 0.15) is 19.4 Å². The molecule has 0 amide bonds. The lowest BCUT2D eigenvalue weighted by Crippen LogP contribution is -2.36. The van der Waals surface area contributed by atoms with Gasteiger partial charge in [0.2, 0.25) is 0 Å². The van der Waals surface area contributed by atoms with E-state index in [2.05, 4.69) is 0 Å². The van der Waals surface area contributed by atoms with Crippen molar-refractivity contribution in [1.29, 1.82) is 0 Å². The number of rotatable bonds is 3. The number of carbonyl (C=O) groups excluding carboxylic acids is 2. The van der Waals surface area contributed by atoms with Gasteiger partial charge in [-0.05, 0) is 25.5 Å². The SMILES string of the molecule is COC1=CC(=O)/C(=C(O)\C=C\c2ccccc2)C(=O)C1(C)C. The lowest BCUT2D eigenvalue weighted by atomic mass is 9.76. The van der Waals surface area contributed by atoms with E-state index in [0.717, 1.165) is 5.56 Å². The molecule has 1 aromatic rings. The molecule has 0 bridgehead atoms. The largest absolute Gasteiger partial charge is 0.507 e. The normalized spacial score (nSPS) is 20.0. The summed E-state index contributed by atoms with van der Waals surface area (Å²) < 4.78 is 5.10. The van der Waals surface area contributed by atoms with Crippen molar-refractivity contribution in [2.75, 3.05) is 7.11 Å². The number of ketones is 2. The summed E-state index contributed by atoms with van der Waals surface area (Å²) in [5, 5.41) is 10.1. The van der Waals surface area contributed by atoms with Crippen LogP contribution in [0.15, 0.2) is 59.6 Å². The van der Waals surface area contributed by atoms with E-state index in [1.165, 1.54) is 19.3 Å². The fraction of sp³-hybridized carbons (Fsp3) is 0.222. The van der Waals surface area contributed by atoms with Crippen LogP contribution in [0.25, 0.3) is 6.08 Å². The molecule has 0 heterocycles. The standard InChI is InChI=1S/C18H18O4/c1-18(2)15(22-3)11-14(20)16(17(18)21)13(19)10-9-12-7-5-4-6-8-12/h4-11,19H,1-3H3/b10-9+,16-13-. The zero-order valence-corrected chi connectivity index (χ0v) is 12.8. The molecule has 0 aromatic heterocycles. The van der Waals surface area contributed by atoms with E-state index in [0.29, 0.717) is 5.76 Å². The van der Waals surface area contributed by atoms with Gasteiger partial charge in [0.1, 0.15) is 17.1 Å². The smallest absolute Gasteiger partial charge is 0.196 e. The molecule has 114 valence electrons. The molecule has 2 rings (SSSR count). The second-order valence-electron chi connectivity index (χ2n) is 5.54. The molecule has 1 aliphatic rings. The zero-order valence-electron chi connectivity index (χ0n) is 12.8. The molecule has 0 saturated carbocycles. The van der Waals surface area contributed by atoms with Crippen LogP contribution >= 0.6 is 0 Å². The molecule has 1 N–H and O–H groups in total. The number of hydrogen-bond acceptors (Lipinski definition) is 4. The molecular formula is C18H18O4. The van der Waals surface area contributed by atoms with E-state index in [4.69, 9.17) is 4.74 Å². The molecule has 0 saturated heterocycles. The van der Waals surface area contributed by atoms with Crippen LogP contribution in [0.4, 0.5) is 0 Å². The van der Waals surface area contributed by atoms with Gasteiger partial charge in [-0.1, -0.05) is 36.4 Å². The highest BCUT2D eigenvalue weighted by Gasteiger charge is 2.43. The van der Waals surface area contributed by atoms with Gasteiger partial charge in [-0.3, -0.25) is 9.59 Å². The predicted molar refractivity (Wildman–Crippen MR) is 84.0 cm³/mol. The van der Waals surface area contributed by atoms with E-state index in [-0.39, 0.29) is 11.3 Å². The van der Waals surface area contributed by atoms with E-state index >= 15 is 0 Å². The van der Waals surface area contributed by atoms with Crippen LogP contribution < -0.4 is 0 Å². The first-order valence-corrected chi connectivity index (χ1v) is 6.89. The van der Waals surface area contributed by atoms with Gasteiger partial charge in [0.05, 0.1) is 12.5 Å². The molecule has 0 atom stereocenters. The number of aliphatic hydroxyl groups excluding tert-OH is 1. The van der Waals surface area contributed by atoms with Crippen LogP contribution in [-0.2, 0) is 14.3 Å². The number of carbonyl (C=O) groups is 2. The van der Waals surface area contributed by atoms with Crippen molar-refractivity contribution in [3.8, 4) is 0 Å². The second-order valence-corrected chi connectivity index (χ2v) is 5.54. The Balaban J connectivity index is 2.42. The fourth-order valence-corrected chi connectivity index (χ4v) is 2.29. The molecule has 0 aliphatic heterocycles. The third kappa shape index (κ3) is 2.86. The van der Waals surface area contributed by atoms with Gasteiger partial charge in [-0.15, -0.1) is 0 Å². The van der Waals surface area contributed by atoms with Gasteiger partial charge in [0.15, 0.2) is 11.6 Å². The molecule has 0 unspecified atom stereocenters. The van der Waals surface area contributed by atoms with Crippen LogP contribution in [0.3, 0.4) is 0 Å². The Hall–Kier alpha value is -2.62. The first-order valence-electron chi connectivity index (χ1n) is 6.89. The highest BCUT2D eigenvalue weighted by atomic mass is 16.5. The van der Waals surface area contributed by atoms with Gasteiger partial charge in [0.25, 0.3) is 0 Å². The molecule has 22 heavy (non-hydrogen) atoms. The van der Waals surface area contributed by atoms with Crippen molar-refractivity contribution in [3.63, 3.8) is 0 Å². The Labute approximate surface area is 129 Å². The average Bonchev–Trinajstić information content (AvgIpc) is 2.50. The van der Waals surface area contributed by atoms with Crippen molar-refractivity contribution in [2.24, 2.45) is 5.41 Å². The number of methoxy groups -OCH3 is 1. The minimum absolute atomic E-state index is 0.210. The summed E-state index contributed by atoms with van der Waals surface area (Å²) in [5.74, 6) is -1.03. The molecule has 4 heteroatoms. The Bertz CT molecular complexity index is 691. The molecule has 0 spiro atoms. The van der Waals surface area contributed by atoms with Crippen LogP contribution in [0.5, 0.6) is 0 Å². The number of benzene rings is 1. The molecule has 1 aliphatic carbocycles. The lowest BCUT2D eigenvalue weighted by Gasteiger charge is -2.29. The van der Waals surface area contributed by atoms with Crippen LogP contribution in [0, 0.1) is 5.41 Å². The Morgan fingerprint density at radius 1 is 1.18 bits per heavy atom. The van der Waals surface area contributed by atoms with Gasteiger partial charge in [-0.2, -0.15) is 0 Å². The van der Waals surface area contributed by atoms with Crippen LogP contribution in [-0.4, -0.2) is 23.8 Å². The first-order chi connectivity index (χ1) is 10.4. The highest BCUT2D eigenvalue weighted by Crippen LogP contribution is 2.36. The van der Waals surface area contributed by atoms with E-state index < -0.39 is 17.0 Å². The summed E-state index contributed by atoms with van der Waals surface area (Å²) in [6.07, 6.45) is 4.26. The lowest BCUT2D eigenvalue weighted by molar-refractivity contribution is -0.127. The summed E-state index contributed by atoms with van der Waals surface area (Å²) in [4.78, 5) is 24.6. The Morgan fingerprint density at radius 3 is 2.41 bits per heavy atom. The van der Waals surface area contributed by atoms with E-state index in [9.17, 15) is 14.7 Å². The summed E-state index contributed by atoms with van der Waals surface area (Å²) in [5.41, 5.74) is -0.331. The summed E-state index contributed by atoms with van der Waals surface area (Å²) in [7, 11) is 1.41. The first kappa shape index (κ1) is 15.8. The number of Topliss-reactive ketones (excluding diaryl/α,β-unsaturated/α-hetero) is 1. The number of ether oxygens (including phenoxy) is 1. The van der Waals surface area contributed by atoms with Crippen LogP contribution in [0.2, 0.25) is 0 Å². The third-order valence-electron chi connectivity index (χ3n) is 3.63. The fourth-order valence-electron chi connectivity index (χ4n) is 2.29. The number of allylic oxidation sites excluding steroid dienone is 4. The minimum atomic E-state index is -0.980. The maximum atomic E-state index is 12.5. The minimum Gasteiger partial charge on any atom is -0.507 e. The molecule has 0 fully saturated rings. The van der Waals surface area contributed by atoms with Crippen molar-refractivity contribution in [3.05, 3.63) is 65.1 Å². The second kappa shape index (κ2) is 6.02. The van der Waals surface area contributed by atoms with Crippen molar-refractivity contribution >= 4 is 17.6 Å². The molecule has 0 radical (unpaired) electrons. The Kier molecular flexibility index (Phi) is 4.31. The van der Waals surface area contributed by atoms with Crippen molar-refractivity contribution in [1.82, 2.24) is 0 Å². The highest BCUT2D eigenvalue weighted by molar-refractivity contribution is 6.29. The predicted octanol–water partition coefficient (Wildman–Crippen LogP) is 3.22. The topological polar surface area (TPSA) is 63.6 Å². The molecule has 1 aromatic carbocycles. The monoisotopic (exact) mass is 298 g/mol. The summed E-state index contributed by atoms with van der Waals surface area (Å²) >= 11 is 0. The number of aliphatic hydroxyl groups is 1. The van der Waals surface area contributed by atoms with Crippen molar-refractivity contribution < 1.29 is 19.4 Å². The maximum absolute atomic E-state index is 12.5.